The van der Waals surface area contributed by atoms with Gasteiger partial charge in [0.1, 0.15) is 0 Å². The fourth-order valence-electron chi connectivity index (χ4n) is 17.1. The van der Waals surface area contributed by atoms with Gasteiger partial charge < -0.3 is 0 Å². The van der Waals surface area contributed by atoms with Gasteiger partial charge in [-0.2, -0.15) is 0 Å². The Bertz CT molecular complexity index is 1080. The van der Waals surface area contributed by atoms with Crippen LogP contribution in [0.2, 0.25) is 0 Å². The molecule has 282 valence electrons. The minimum Gasteiger partial charge on any atom is -0.299 e. The highest BCUT2D eigenvalue weighted by Gasteiger charge is 2.59. The van der Waals surface area contributed by atoms with Crippen molar-refractivity contribution >= 4 is 0 Å². The Labute approximate surface area is 309 Å². The van der Waals surface area contributed by atoms with Crippen molar-refractivity contribution in [2.45, 2.75) is 241 Å². The van der Waals surface area contributed by atoms with Gasteiger partial charge >= 0.3 is 0 Å². The first kappa shape index (κ1) is 34.4. The molecule has 10 rings (SSSR count). The van der Waals surface area contributed by atoms with Crippen LogP contribution in [-0.4, -0.2) is 52.2 Å². The molecule has 1 N–H and O–H groups in total. The van der Waals surface area contributed by atoms with Crippen molar-refractivity contribution in [2.24, 2.45) is 53.3 Å². The molecule has 0 aromatic rings. The molecule has 10 fully saturated rings. The summed E-state index contributed by atoms with van der Waals surface area (Å²) < 4.78 is 0. The van der Waals surface area contributed by atoms with Crippen LogP contribution in [0.4, 0.5) is 0 Å². The van der Waals surface area contributed by atoms with Crippen LogP contribution in [0.25, 0.3) is 0 Å². The summed E-state index contributed by atoms with van der Waals surface area (Å²) in [6, 6.07) is 5.49. The van der Waals surface area contributed by atoms with E-state index in [1.807, 2.05) is 0 Å². The Morgan fingerprint density at radius 1 is 0.320 bits per heavy atom. The normalized spacial score (nSPS) is 48.8. The molecular formula is C47H79N3. The molecule has 50 heavy (non-hydrogen) atoms. The van der Waals surface area contributed by atoms with Crippen molar-refractivity contribution in [3.63, 3.8) is 0 Å². The maximum absolute atomic E-state index is 4.66. The maximum atomic E-state index is 4.66. The molecule has 13 atom stereocenters. The van der Waals surface area contributed by atoms with Gasteiger partial charge in [0, 0.05) is 36.3 Å². The van der Waals surface area contributed by atoms with Crippen LogP contribution in [0.15, 0.2) is 0 Å². The van der Waals surface area contributed by atoms with Crippen molar-refractivity contribution in [2.75, 3.05) is 0 Å². The molecule has 0 amide bonds. The molecule has 3 saturated heterocycles. The lowest BCUT2D eigenvalue weighted by atomic mass is 9.61. The molecule has 3 heteroatoms. The molecular weight excluding hydrogens is 607 g/mol. The molecule has 0 bridgehead atoms. The molecule has 0 aromatic heterocycles. The van der Waals surface area contributed by atoms with Crippen LogP contribution in [0.5, 0.6) is 0 Å². The fraction of sp³-hybridized carbons (Fsp3) is 1.00. The molecule has 3 heterocycles. The molecule has 13 unspecified atom stereocenters. The SMILES string of the molecule is C1CCC(C2CC(C3CCCCC3)NC(N3C4CCCCC4C4CCCC(C5CCC6C(C5)C5CCCCC5N6C5CCCCC5)C43)C2)CC1. The molecule has 7 saturated carbocycles. The van der Waals surface area contributed by atoms with Gasteiger partial charge in [-0.1, -0.05) is 103 Å². The van der Waals surface area contributed by atoms with E-state index in [0.717, 1.165) is 89.5 Å². The maximum Gasteiger partial charge on any atom is 0.0607 e. The predicted octanol–water partition coefficient (Wildman–Crippen LogP) is 11.5. The van der Waals surface area contributed by atoms with E-state index in [2.05, 4.69) is 15.1 Å². The number of likely N-dealkylation sites (tertiary alicyclic amines) is 2. The first-order chi connectivity index (χ1) is 24.8. The first-order valence-electron chi connectivity index (χ1n) is 24.1. The zero-order valence-corrected chi connectivity index (χ0v) is 32.6. The second-order valence-corrected chi connectivity index (χ2v) is 21.1. The molecule has 7 aliphatic carbocycles. The van der Waals surface area contributed by atoms with Gasteiger partial charge in [-0.05, 0) is 150 Å². The van der Waals surface area contributed by atoms with Gasteiger partial charge in [-0.25, -0.2) is 0 Å². The summed E-state index contributed by atoms with van der Waals surface area (Å²) in [4.78, 5) is 6.70. The lowest BCUT2D eigenvalue weighted by molar-refractivity contribution is -0.0361. The number of nitrogens with zero attached hydrogens (tertiary/aromatic N) is 2. The smallest absolute Gasteiger partial charge is 0.0607 e. The Kier molecular flexibility index (Phi) is 10.4. The third-order valence-electron chi connectivity index (χ3n) is 19.0. The molecule has 0 spiro atoms. The van der Waals surface area contributed by atoms with Gasteiger partial charge in [0.25, 0.3) is 0 Å². The number of hydrogen-bond acceptors (Lipinski definition) is 3. The Balaban J connectivity index is 0.937. The predicted molar refractivity (Wildman–Crippen MR) is 208 cm³/mol. The average molecular weight is 686 g/mol. The molecule has 10 aliphatic rings. The second kappa shape index (κ2) is 15.2. The largest absolute Gasteiger partial charge is 0.299 e. The van der Waals surface area contributed by atoms with E-state index in [4.69, 9.17) is 0 Å². The highest BCUT2D eigenvalue weighted by molar-refractivity contribution is 5.12. The average Bonchev–Trinajstić information content (AvgIpc) is 3.71. The van der Waals surface area contributed by atoms with Crippen molar-refractivity contribution in [1.82, 2.24) is 15.1 Å². The van der Waals surface area contributed by atoms with Crippen LogP contribution < -0.4 is 5.32 Å². The quantitative estimate of drug-likeness (QED) is 0.311. The fourth-order valence-corrected chi connectivity index (χ4v) is 17.1. The van der Waals surface area contributed by atoms with Crippen LogP contribution in [-0.2, 0) is 0 Å². The number of nitrogens with one attached hydrogen (secondary N) is 1. The highest BCUT2D eigenvalue weighted by atomic mass is 15.4. The summed E-state index contributed by atoms with van der Waals surface area (Å²) in [7, 11) is 0. The standard InChI is InChI=1S/C47H79N3/c1-4-15-32(16-5-1)35-30-42(33-17-6-2-7-18-33)48-46(31-35)50-44-26-13-10-21-38(44)40-24-14-23-37(47(40)50)34-27-28-45-41(29-34)39-22-11-12-25-43(39)49(45)36-19-8-3-9-20-36/h32-48H,1-31H2. The highest BCUT2D eigenvalue weighted by Crippen LogP contribution is 2.59. The van der Waals surface area contributed by atoms with E-state index in [1.165, 1.54) is 128 Å². The summed E-state index contributed by atoms with van der Waals surface area (Å²) in [6.45, 7) is 0. The van der Waals surface area contributed by atoms with Gasteiger partial charge in [0.15, 0.2) is 0 Å². The van der Waals surface area contributed by atoms with Gasteiger partial charge in [0.05, 0.1) is 6.17 Å². The third-order valence-corrected chi connectivity index (χ3v) is 19.0. The van der Waals surface area contributed by atoms with Crippen molar-refractivity contribution in [3.05, 3.63) is 0 Å². The summed E-state index contributed by atoms with van der Waals surface area (Å²) in [6.07, 6.45) is 48.3. The zero-order chi connectivity index (χ0) is 33.0. The summed E-state index contributed by atoms with van der Waals surface area (Å²) in [5.41, 5.74) is 0. The van der Waals surface area contributed by atoms with Gasteiger partial charge in [-0.15, -0.1) is 0 Å². The topological polar surface area (TPSA) is 18.5 Å². The van der Waals surface area contributed by atoms with Crippen molar-refractivity contribution in [1.29, 1.82) is 0 Å². The van der Waals surface area contributed by atoms with Crippen LogP contribution in [0, 0.1) is 53.3 Å². The van der Waals surface area contributed by atoms with Gasteiger partial charge in [0.2, 0.25) is 0 Å². The van der Waals surface area contributed by atoms with E-state index in [9.17, 15) is 0 Å². The number of fused-ring (bicyclic) bond motifs is 6. The van der Waals surface area contributed by atoms with E-state index in [1.54, 1.807) is 70.6 Å². The minimum atomic E-state index is 0.691. The van der Waals surface area contributed by atoms with Crippen LogP contribution in [0.1, 0.15) is 199 Å². The van der Waals surface area contributed by atoms with Gasteiger partial charge in [-0.3, -0.25) is 15.1 Å². The molecule has 0 aromatic carbocycles. The second-order valence-electron chi connectivity index (χ2n) is 21.1. The Hall–Kier alpha value is -0.120. The van der Waals surface area contributed by atoms with Crippen LogP contribution >= 0.6 is 0 Å². The number of hydrogen-bond donors (Lipinski definition) is 1. The summed E-state index contributed by atoms with van der Waals surface area (Å²) in [5.74, 6) is 9.15. The third kappa shape index (κ3) is 6.34. The summed E-state index contributed by atoms with van der Waals surface area (Å²) in [5, 5.41) is 4.66. The summed E-state index contributed by atoms with van der Waals surface area (Å²) >= 11 is 0. The lowest BCUT2D eigenvalue weighted by Gasteiger charge is -2.53. The molecule has 3 aliphatic heterocycles. The zero-order valence-electron chi connectivity index (χ0n) is 32.6. The number of rotatable bonds is 5. The first-order valence-corrected chi connectivity index (χ1v) is 24.1. The van der Waals surface area contributed by atoms with E-state index < -0.39 is 0 Å². The molecule has 0 radical (unpaired) electrons. The van der Waals surface area contributed by atoms with Crippen molar-refractivity contribution in [3.8, 4) is 0 Å². The lowest BCUT2D eigenvalue weighted by Crippen LogP contribution is -2.62. The van der Waals surface area contributed by atoms with Crippen molar-refractivity contribution < 1.29 is 0 Å². The van der Waals surface area contributed by atoms with Crippen LogP contribution in [0.3, 0.4) is 0 Å². The monoisotopic (exact) mass is 686 g/mol. The minimum absolute atomic E-state index is 0.691. The Morgan fingerprint density at radius 3 is 1.62 bits per heavy atom. The molecule has 3 nitrogen and oxygen atoms in total. The van der Waals surface area contributed by atoms with E-state index in [-0.39, 0.29) is 0 Å². The number of piperidine rings is 1. The Morgan fingerprint density at radius 2 is 0.880 bits per heavy atom. The van der Waals surface area contributed by atoms with E-state index >= 15 is 0 Å². The van der Waals surface area contributed by atoms with E-state index in [0.29, 0.717) is 6.17 Å².